The summed E-state index contributed by atoms with van der Waals surface area (Å²) in [4.78, 5) is 2.42. The molecule has 1 aromatic carbocycles. The van der Waals surface area contributed by atoms with Gasteiger partial charge < -0.3 is 14.8 Å². The molecule has 0 amide bonds. The quantitative estimate of drug-likeness (QED) is 0.910. The summed E-state index contributed by atoms with van der Waals surface area (Å²) in [5.74, 6) is 0. The van der Waals surface area contributed by atoms with Crippen molar-refractivity contribution in [3.63, 3.8) is 0 Å². The Morgan fingerprint density at radius 1 is 1.20 bits per heavy atom. The molecule has 2 aliphatic rings. The third kappa shape index (κ3) is 2.82. The fourth-order valence-corrected chi connectivity index (χ4v) is 3.29. The van der Waals surface area contributed by atoms with Crippen molar-refractivity contribution in [2.24, 2.45) is 0 Å². The van der Waals surface area contributed by atoms with Crippen LogP contribution in [-0.2, 0) is 22.4 Å². The molecule has 1 saturated heterocycles. The van der Waals surface area contributed by atoms with Crippen LogP contribution in [0.25, 0.3) is 0 Å². The first-order chi connectivity index (χ1) is 9.80. The van der Waals surface area contributed by atoms with E-state index in [4.69, 9.17) is 9.47 Å². The summed E-state index contributed by atoms with van der Waals surface area (Å²) in [5.41, 5.74) is 4.16. The molecule has 4 heteroatoms. The Bertz CT molecular complexity index is 452. The fraction of sp³-hybridized carbons (Fsp3) is 0.625. The SMILES string of the molecule is COC1CN(Cc2ccc3c(c2)CCCN3)CC1OC. The van der Waals surface area contributed by atoms with Gasteiger partial charge in [-0.05, 0) is 30.0 Å². The Balaban J connectivity index is 1.66. The molecule has 1 N–H and O–H groups in total. The maximum absolute atomic E-state index is 5.50. The minimum atomic E-state index is 0.194. The fourth-order valence-electron chi connectivity index (χ4n) is 3.29. The van der Waals surface area contributed by atoms with Crippen molar-refractivity contribution < 1.29 is 9.47 Å². The summed E-state index contributed by atoms with van der Waals surface area (Å²) in [7, 11) is 3.54. The monoisotopic (exact) mass is 276 g/mol. The molecule has 2 heterocycles. The van der Waals surface area contributed by atoms with Gasteiger partial charge >= 0.3 is 0 Å². The summed E-state index contributed by atoms with van der Waals surface area (Å²) in [6, 6.07) is 6.81. The summed E-state index contributed by atoms with van der Waals surface area (Å²) in [6.07, 6.45) is 2.81. The number of ether oxygens (including phenoxy) is 2. The van der Waals surface area contributed by atoms with E-state index in [0.717, 1.165) is 26.2 Å². The number of aryl methyl sites for hydroxylation is 1. The molecule has 110 valence electrons. The van der Waals surface area contributed by atoms with E-state index in [1.54, 1.807) is 14.2 Å². The molecule has 0 bridgehead atoms. The second kappa shape index (κ2) is 6.12. The van der Waals surface area contributed by atoms with Crippen LogP contribution in [0.3, 0.4) is 0 Å². The number of nitrogens with one attached hydrogen (secondary N) is 1. The van der Waals surface area contributed by atoms with E-state index in [2.05, 4.69) is 28.4 Å². The van der Waals surface area contributed by atoms with Gasteiger partial charge in [0.1, 0.15) is 0 Å². The lowest BCUT2D eigenvalue weighted by Crippen LogP contribution is -2.27. The van der Waals surface area contributed by atoms with E-state index < -0.39 is 0 Å². The van der Waals surface area contributed by atoms with Crippen molar-refractivity contribution in [1.82, 2.24) is 4.90 Å². The van der Waals surface area contributed by atoms with E-state index >= 15 is 0 Å². The Hall–Kier alpha value is -1.10. The second-order valence-corrected chi connectivity index (χ2v) is 5.76. The molecule has 2 unspecified atom stereocenters. The molecule has 0 spiro atoms. The van der Waals surface area contributed by atoms with E-state index in [1.807, 2.05) is 0 Å². The number of hydrogen-bond acceptors (Lipinski definition) is 4. The second-order valence-electron chi connectivity index (χ2n) is 5.76. The standard InChI is InChI=1S/C16H24N2O2/c1-19-15-10-18(11-16(15)20-2)9-12-5-6-14-13(8-12)4-3-7-17-14/h5-6,8,15-17H,3-4,7,9-11H2,1-2H3. The molecule has 20 heavy (non-hydrogen) atoms. The highest BCUT2D eigenvalue weighted by Crippen LogP contribution is 2.25. The van der Waals surface area contributed by atoms with Crippen LogP contribution in [0.15, 0.2) is 18.2 Å². The zero-order valence-electron chi connectivity index (χ0n) is 12.4. The maximum Gasteiger partial charge on any atom is 0.0971 e. The summed E-state index contributed by atoms with van der Waals surface area (Å²) in [6.45, 7) is 3.98. The van der Waals surface area contributed by atoms with Crippen molar-refractivity contribution in [2.45, 2.75) is 31.6 Å². The molecule has 4 nitrogen and oxygen atoms in total. The van der Waals surface area contributed by atoms with Crippen LogP contribution in [0.4, 0.5) is 5.69 Å². The number of likely N-dealkylation sites (tertiary alicyclic amines) is 1. The minimum absolute atomic E-state index is 0.194. The molecule has 2 aliphatic heterocycles. The number of anilines is 1. The maximum atomic E-state index is 5.50. The summed E-state index contributed by atoms with van der Waals surface area (Å²) in [5, 5.41) is 3.46. The van der Waals surface area contributed by atoms with Crippen molar-refractivity contribution >= 4 is 5.69 Å². The Morgan fingerprint density at radius 3 is 2.65 bits per heavy atom. The highest BCUT2D eigenvalue weighted by atomic mass is 16.5. The molecule has 2 atom stereocenters. The van der Waals surface area contributed by atoms with Gasteiger partial charge in [0, 0.05) is 46.1 Å². The largest absolute Gasteiger partial charge is 0.385 e. The van der Waals surface area contributed by atoms with Crippen molar-refractivity contribution in [1.29, 1.82) is 0 Å². The van der Waals surface area contributed by atoms with Crippen molar-refractivity contribution in [2.75, 3.05) is 39.2 Å². The van der Waals surface area contributed by atoms with Crippen LogP contribution in [0.5, 0.6) is 0 Å². The van der Waals surface area contributed by atoms with Gasteiger partial charge in [-0.15, -0.1) is 0 Å². The molecule has 0 aromatic heterocycles. The molecule has 0 aliphatic carbocycles. The van der Waals surface area contributed by atoms with Gasteiger partial charge in [-0.2, -0.15) is 0 Å². The van der Waals surface area contributed by atoms with Crippen LogP contribution in [0, 0.1) is 0 Å². The van der Waals surface area contributed by atoms with E-state index in [9.17, 15) is 0 Å². The van der Waals surface area contributed by atoms with Gasteiger partial charge in [-0.25, -0.2) is 0 Å². The van der Waals surface area contributed by atoms with Crippen LogP contribution in [0.1, 0.15) is 17.5 Å². The number of benzene rings is 1. The van der Waals surface area contributed by atoms with Gasteiger partial charge in [0.25, 0.3) is 0 Å². The first-order valence-electron chi connectivity index (χ1n) is 7.44. The lowest BCUT2D eigenvalue weighted by molar-refractivity contribution is -0.00461. The lowest BCUT2D eigenvalue weighted by atomic mass is 10.0. The minimum Gasteiger partial charge on any atom is -0.385 e. The predicted molar refractivity (Wildman–Crippen MR) is 80.1 cm³/mol. The third-order valence-electron chi connectivity index (χ3n) is 4.41. The van der Waals surface area contributed by atoms with Gasteiger partial charge in [0.05, 0.1) is 12.2 Å². The average molecular weight is 276 g/mol. The van der Waals surface area contributed by atoms with Crippen LogP contribution < -0.4 is 5.32 Å². The zero-order chi connectivity index (χ0) is 13.9. The average Bonchev–Trinajstić information content (AvgIpc) is 2.89. The molecule has 3 rings (SSSR count). The molecule has 0 saturated carbocycles. The summed E-state index contributed by atoms with van der Waals surface area (Å²) < 4.78 is 11.0. The molecule has 1 fully saturated rings. The number of methoxy groups -OCH3 is 2. The van der Waals surface area contributed by atoms with Gasteiger partial charge in [-0.3, -0.25) is 4.90 Å². The van der Waals surface area contributed by atoms with Gasteiger partial charge in [0.2, 0.25) is 0 Å². The molecular weight excluding hydrogens is 252 g/mol. The number of rotatable bonds is 4. The normalized spacial score (nSPS) is 26.3. The first kappa shape index (κ1) is 13.9. The first-order valence-corrected chi connectivity index (χ1v) is 7.44. The highest BCUT2D eigenvalue weighted by Gasteiger charge is 2.32. The molecular formula is C16H24N2O2. The van der Waals surface area contributed by atoms with Crippen LogP contribution in [0.2, 0.25) is 0 Å². The Morgan fingerprint density at radius 2 is 1.95 bits per heavy atom. The summed E-state index contributed by atoms with van der Waals surface area (Å²) >= 11 is 0. The van der Waals surface area contributed by atoms with Crippen LogP contribution in [-0.4, -0.2) is 51.0 Å². The van der Waals surface area contributed by atoms with E-state index in [0.29, 0.717) is 0 Å². The number of nitrogens with zero attached hydrogens (tertiary/aromatic N) is 1. The highest BCUT2D eigenvalue weighted by molar-refractivity contribution is 5.54. The molecule has 1 aromatic rings. The number of hydrogen-bond donors (Lipinski definition) is 1. The predicted octanol–water partition coefficient (Wildman–Crippen LogP) is 1.89. The van der Waals surface area contributed by atoms with E-state index in [-0.39, 0.29) is 12.2 Å². The smallest absolute Gasteiger partial charge is 0.0971 e. The third-order valence-corrected chi connectivity index (χ3v) is 4.41. The topological polar surface area (TPSA) is 33.7 Å². The zero-order valence-corrected chi connectivity index (χ0v) is 12.4. The van der Waals surface area contributed by atoms with Crippen molar-refractivity contribution in [3.8, 4) is 0 Å². The number of fused-ring (bicyclic) bond motifs is 1. The van der Waals surface area contributed by atoms with Crippen molar-refractivity contribution in [3.05, 3.63) is 29.3 Å². The van der Waals surface area contributed by atoms with Gasteiger partial charge in [0.15, 0.2) is 0 Å². The van der Waals surface area contributed by atoms with E-state index in [1.165, 1.54) is 29.7 Å². The lowest BCUT2D eigenvalue weighted by Gasteiger charge is -2.20. The van der Waals surface area contributed by atoms with Gasteiger partial charge in [-0.1, -0.05) is 12.1 Å². The molecule has 0 radical (unpaired) electrons. The Labute approximate surface area is 121 Å². The Kier molecular flexibility index (Phi) is 4.24. The van der Waals surface area contributed by atoms with Crippen LogP contribution >= 0.6 is 0 Å².